The second kappa shape index (κ2) is 3.00. The molecule has 0 amide bonds. The summed E-state index contributed by atoms with van der Waals surface area (Å²) < 4.78 is 0. The zero-order valence-electron chi connectivity index (χ0n) is 6.38. The van der Waals surface area contributed by atoms with Crippen molar-refractivity contribution in [1.29, 1.82) is 0 Å². The highest BCUT2D eigenvalue weighted by Crippen LogP contribution is 2.19. The van der Waals surface area contributed by atoms with Gasteiger partial charge in [-0.05, 0) is 19.4 Å². The lowest BCUT2D eigenvalue weighted by molar-refractivity contribution is 0.405. The van der Waals surface area contributed by atoms with Crippen molar-refractivity contribution < 1.29 is 0 Å². The Labute approximate surface area is 65.4 Å². The first kappa shape index (κ1) is 6.79. The van der Waals surface area contributed by atoms with Gasteiger partial charge in [-0.15, -0.1) is 0 Å². The van der Waals surface area contributed by atoms with Crippen molar-refractivity contribution in [2.24, 2.45) is 0 Å². The summed E-state index contributed by atoms with van der Waals surface area (Å²) in [7, 11) is 0. The van der Waals surface area contributed by atoms with E-state index < -0.39 is 0 Å². The van der Waals surface area contributed by atoms with Gasteiger partial charge in [0.15, 0.2) is 0 Å². The molecule has 11 heavy (non-hydrogen) atoms. The molecule has 1 aliphatic rings. The van der Waals surface area contributed by atoms with Gasteiger partial charge in [0.25, 0.3) is 0 Å². The van der Waals surface area contributed by atoms with Crippen LogP contribution in [-0.4, -0.2) is 22.0 Å². The summed E-state index contributed by atoms with van der Waals surface area (Å²) in [6.45, 7) is 1.11. The van der Waals surface area contributed by atoms with Gasteiger partial charge >= 0.3 is 0 Å². The molecule has 4 nitrogen and oxygen atoms in total. The average Bonchev–Trinajstić information content (AvgIpc) is 2.58. The summed E-state index contributed by atoms with van der Waals surface area (Å²) in [6.07, 6.45) is 5.56. The first-order valence-corrected chi connectivity index (χ1v) is 4.06. The van der Waals surface area contributed by atoms with Crippen molar-refractivity contribution in [3.63, 3.8) is 0 Å². The van der Waals surface area contributed by atoms with Crippen molar-refractivity contribution >= 4 is 0 Å². The van der Waals surface area contributed by atoms with Crippen LogP contribution in [0.25, 0.3) is 0 Å². The van der Waals surface area contributed by atoms with E-state index in [2.05, 4.69) is 20.7 Å². The smallest absolute Gasteiger partial charge is 0.0993 e. The number of aromatic nitrogens is 3. The number of rotatable bonds is 1. The summed E-state index contributed by atoms with van der Waals surface area (Å²) in [5.74, 6) is 0. The monoisotopic (exact) mass is 152 g/mol. The molecule has 0 saturated carbocycles. The highest BCUT2D eigenvalue weighted by Gasteiger charge is 2.15. The van der Waals surface area contributed by atoms with Gasteiger partial charge in [-0.2, -0.15) is 15.4 Å². The number of hydrogen-bond acceptors (Lipinski definition) is 3. The third-order valence-corrected chi connectivity index (χ3v) is 2.10. The standard InChI is InChI=1S/C7H12N4/c1-2-4-8-6(3-1)7-5-9-11-10-7/h5-6,8H,1-4H2,(H,9,10,11)/t6-/m1/s1. The van der Waals surface area contributed by atoms with Crippen LogP contribution < -0.4 is 5.32 Å². The lowest BCUT2D eigenvalue weighted by Gasteiger charge is -2.20. The van der Waals surface area contributed by atoms with Crippen LogP contribution in [0.4, 0.5) is 0 Å². The normalized spacial score (nSPS) is 25.3. The molecule has 1 aromatic rings. The number of aromatic amines is 1. The molecule has 1 fully saturated rings. The Balaban J connectivity index is 2.04. The fourth-order valence-corrected chi connectivity index (χ4v) is 1.48. The van der Waals surface area contributed by atoms with Gasteiger partial charge in [0, 0.05) is 0 Å². The van der Waals surface area contributed by atoms with Crippen LogP contribution in [-0.2, 0) is 0 Å². The van der Waals surface area contributed by atoms with E-state index in [1.54, 1.807) is 6.20 Å². The Bertz CT molecular complexity index is 200. The minimum atomic E-state index is 0.433. The Morgan fingerprint density at radius 1 is 1.45 bits per heavy atom. The summed E-state index contributed by atoms with van der Waals surface area (Å²) in [5, 5.41) is 13.8. The van der Waals surface area contributed by atoms with E-state index in [0.29, 0.717) is 6.04 Å². The fraction of sp³-hybridized carbons (Fsp3) is 0.714. The first-order chi connectivity index (χ1) is 5.47. The Kier molecular flexibility index (Phi) is 1.85. The van der Waals surface area contributed by atoms with Crippen LogP contribution in [0.15, 0.2) is 6.20 Å². The topological polar surface area (TPSA) is 53.6 Å². The second-order valence-electron chi connectivity index (χ2n) is 2.90. The Morgan fingerprint density at radius 2 is 2.45 bits per heavy atom. The van der Waals surface area contributed by atoms with Gasteiger partial charge in [0.1, 0.15) is 0 Å². The highest BCUT2D eigenvalue weighted by atomic mass is 15.3. The second-order valence-corrected chi connectivity index (χ2v) is 2.90. The van der Waals surface area contributed by atoms with E-state index in [-0.39, 0.29) is 0 Å². The number of nitrogens with zero attached hydrogens (tertiary/aromatic N) is 2. The Morgan fingerprint density at radius 3 is 3.09 bits per heavy atom. The lowest BCUT2D eigenvalue weighted by Crippen LogP contribution is -2.26. The molecule has 1 aliphatic heterocycles. The third-order valence-electron chi connectivity index (χ3n) is 2.10. The van der Waals surface area contributed by atoms with Crippen molar-refractivity contribution in [3.05, 3.63) is 11.9 Å². The molecule has 2 rings (SSSR count). The molecule has 60 valence electrons. The summed E-state index contributed by atoms with van der Waals surface area (Å²) >= 11 is 0. The Hall–Kier alpha value is -0.900. The maximum absolute atomic E-state index is 4.04. The maximum Gasteiger partial charge on any atom is 0.0993 e. The van der Waals surface area contributed by atoms with Gasteiger partial charge < -0.3 is 5.32 Å². The van der Waals surface area contributed by atoms with E-state index in [9.17, 15) is 0 Å². The van der Waals surface area contributed by atoms with Crippen LogP contribution in [0.1, 0.15) is 31.0 Å². The zero-order chi connectivity index (χ0) is 7.52. The van der Waals surface area contributed by atoms with Crippen LogP contribution in [0.2, 0.25) is 0 Å². The fourth-order valence-electron chi connectivity index (χ4n) is 1.48. The summed E-state index contributed by atoms with van der Waals surface area (Å²) in [6, 6.07) is 0.433. The van der Waals surface area contributed by atoms with E-state index in [1.807, 2.05) is 0 Å². The number of nitrogens with one attached hydrogen (secondary N) is 2. The molecular formula is C7H12N4. The molecule has 4 heteroatoms. The molecular weight excluding hydrogens is 140 g/mol. The molecule has 1 saturated heterocycles. The molecule has 0 aliphatic carbocycles. The molecule has 0 spiro atoms. The van der Waals surface area contributed by atoms with Crippen molar-refractivity contribution in [1.82, 2.24) is 20.7 Å². The lowest BCUT2D eigenvalue weighted by atomic mass is 10.0. The molecule has 0 unspecified atom stereocenters. The molecule has 1 aromatic heterocycles. The van der Waals surface area contributed by atoms with E-state index >= 15 is 0 Å². The van der Waals surface area contributed by atoms with Crippen LogP contribution >= 0.6 is 0 Å². The van der Waals surface area contributed by atoms with E-state index in [4.69, 9.17) is 0 Å². The van der Waals surface area contributed by atoms with Gasteiger partial charge in [-0.3, -0.25) is 0 Å². The molecule has 0 bridgehead atoms. The SMILES string of the molecule is c1n[nH]nc1[C@H]1CCCCN1. The predicted molar refractivity (Wildman–Crippen MR) is 41.0 cm³/mol. The molecule has 0 radical (unpaired) electrons. The minimum Gasteiger partial charge on any atom is -0.309 e. The molecule has 2 heterocycles. The quantitative estimate of drug-likeness (QED) is 0.620. The largest absolute Gasteiger partial charge is 0.309 e. The molecule has 2 N–H and O–H groups in total. The summed E-state index contributed by atoms with van der Waals surface area (Å²) in [5.41, 5.74) is 1.05. The average molecular weight is 152 g/mol. The van der Waals surface area contributed by atoms with Gasteiger partial charge in [0.2, 0.25) is 0 Å². The first-order valence-electron chi connectivity index (χ1n) is 4.06. The van der Waals surface area contributed by atoms with Gasteiger partial charge in [-0.1, -0.05) is 6.42 Å². The maximum atomic E-state index is 4.04. The van der Waals surface area contributed by atoms with Gasteiger partial charge in [0.05, 0.1) is 17.9 Å². The van der Waals surface area contributed by atoms with Crippen molar-refractivity contribution in [2.75, 3.05) is 6.54 Å². The van der Waals surface area contributed by atoms with E-state index in [1.165, 1.54) is 19.3 Å². The minimum absolute atomic E-state index is 0.433. The van der Waals surface area contributed by atoms with E-state index in [0.717, 1.165) is 12.2 Å². The van der Waals surface area contributed by atoms with Crippen LogP contribution in [0, 0.1) is 0 Å². The number of hydrogen-bond donors (Lipinski definition) is 2. The third kappa shape index (κ3) is 1.40. The predicted octanol–water partition coefficient (Wildman–Crippen LogP) is 0.619. The van der Waals surface area contributed by atoms with Crippen molar-refractivity contribution in [2.45, 2.75) is 25.3 Å². The number of piperidine rings is 1. The van der Waals surface area contributed by atoms with Crippen LogP contribution in [0.3, 0.4) is 0 Å². The van der Waals surface area contributed by atoms with Crippen molar-refractivity contribution in [3.8, 4) is 0 Å². The zero-order valence-corrected chi connectivity index (χ0v) is 6.38. The van der Waals surface area contributed by atoms with Crippen LogP contribution in [0.5, 0.6) is 0 Å². The number of H-pyrrole nitrogens is 1. The highest BCUT2D eigenvalue weighted by molar-refractivity contribution is 5.00. The van der Waals surface area contributed by atoms with Gasteiger partial charge in [-0.25, -0.2) is 0 Å². The molecule has 0 aromatic carbocycles. The summed E-state index contributed by atoms with van der Waals surface area (Å²) in [4.78, 5) is 0. The molecule has 1 atom stereocenters.